The molecule has 0 aliphatic carbocycles. The van der Waals surface area contributed by atoms with Crippen molar-refractivity contribution in [3.05, 3.63) is 23.3 Å². The van der Waals surface area contributed by atoms with Crippen LogP contribution < -0.4 is 10.1 Å². The smallest absolute Gasteiger partial charge is 0.482 e. The first-order valence-electron chi connectivity index (χ1n) is 4.33. The van der Waals surface area contributed by atoms with E-state index >= 15 is 0 Å². The minimum atomic E-state index is -4.45. The summed E-state index contributed by atoms with van der Waals surface area (Å²) >= 11 is 0. The second kappa shape index (κ2) is 4.00. The summed E-state index contributed by atoms with van der Waals surface area (Å²) in [7, 11) is 1.35. The summed E-state index contributed by atoms with van der Waals surface area (Å²) in [5.74, 6) is 0.220. The second-order valence-corrected chi connectivity index (χ2v) is 3.29. The molecule has 84 valence electrons. The first-order valence-corrected chi connectivity index (χ1v) is 4.33. The fourth-order valence-corrected chi connectivity index (χ4v) is 1.47. The molecule has 0 fully saturated rings. The van der Waals surface area contributed by atoms with E-state index in [9.17, 15) is 13.2 Å². The van der Waals surface area contributed by atoms with E-state index in [1.54, 1.807) is 19.9 Å². The van der Waals surface area contributed by atoms with Gasteiger partial charge in [0.1, 0.15) is 5.75 Å². The van der Waals surface area contributed by atoms with Crippen molar-refractivity contribution in [1.29, 1.82) is 0 Å². The average Bonchev–Trinajstić information content (AvgIpc) is 1.99. The Morgan fingerprint density at radius 1 is 1.20 bits per heavy atom. The van der Waals surface area contributed by atoms with Crippen molar-refractivity contribution in [2.75, 3.05) is 12.4 Å². The molecule has 1 rings (SSSR count). The lowest BCUT2D eigenvalue weighted by atomic mass is 10.1. The second-order valence-electron chi connectivity index (χ2n) is 3.29. The summed E-state index contributed by atoms with van der Waals surface area (Å²) in [5, 5.41) is 1.46. The third-order valence-electron chi connectivity index (χ3n) is 1.90. The van der Waals surface area contributed by atoms with Crippen molar-refractivity contribution >= 4 is 5.69 Å². The summed E-state index contributed by atoms with van der Waals surface area (Å²) in [5.41, 5.74) is 1.37. The van der Waals surface area contributed by atoms with E-state index in [0.29, 0.717) is 5.56 Å². The van der Waals surface area contributed by atoms with E-state index in [0.717, 1.165) is 5.56 Å². The molecule has 0 bridgehead atoms. The summed E-state index contributed by atoms with van der Waals surface area (Å²) in [6.45, 7) is 3.43. The highest BCUT2D eigenvalue weighted by Crippen LogP contribution is 2.33. The fraction of sp³-hybridized carbons (Fsp3) is 0.400. The van der Waals surface area contributed by atoms with Crippen LogP contribution in [0.15, 0.2) is 12.1 Å². The van der Waals surface area contributed by atoms with Gasteiger partial charge in [-0.15, -0.1) is 0 Å². The largest absolute Gasteiger partial charge is 0.494 e. The molecular weight excluding hydrogens is 207 g/mol. The molecule has 1 aromatic rings. The van der Waals surface area contributed by atoms with Crippen LogP contribution in [0.4, 0.5) is 18.9 Å². The van der Waals surface area contributed by atoms with Crippen LogP contribution in [0, 0.1) is 13.8 Å². The van der Waals surface area contributed by atoms with E-state index < -0.39 is 6.30 Å². The highest BCUT2D eigenvalue weighted by molar-refractivity contribution is 5.62. The lowest BCUT2D eigenvalue weighted by molar-refractivity contribution is -0.100. The molecule has 0 unspecified atom stereocenters. The first kappa shape index (κ1) is 11.7. The minimum Gasteiger partial charge on any atom is -0.494 e. The van der Waals surface area contributed by atoms with Gasteiger partial charge in [-0.1, -0.05) is 6.07 Å². The normalized spacial score (nSPS) is 11.3. The van der Waals surface area contributed by atoms with Gasteiger partial charge < -0.3 is 4.74 Å². The van der Waals surface area contributed by atoms with Gasteiger partial charge in [-0.05, 0) is 31.0 Å². The van der Waals surface area contributed by atoms with E-state index in [2.05, 4.69) is 0 Å². The van der Waals surface area contributed by atoms with Gasteiger partial charge in [0.2, 0.25) is 0 Å². The van der Waals surface area contributed by atoms with Gasteiger partial charge in [-0.3, -0.25) is 5.32 Å². The van der Waals surface area contributed by atoms with Gasteiger partial charge in [0.25, 0.3) is 0 Å². The quantitative estimate of drug-likeness (QED) is 0.771. The molecule has 15 heavy (non-hydrogen) atoms. The number of halogens is 3. The van der Waals surface area contributed by atoms with Crippen LogP contribution in [-0.4, -0.2) is 13.4 Å². The fourth-order valence-electron chi connectivity index (χ4n) is 1.47. The Balaban J connectivity index is 3.15. The molecule has 0 spiro atoms. The zero-order valence-corrected chi connectivity index (χ0v) is 8.70. The predicted molar refractivity (Wildman–Crippen MR) is 52.1 cm³/mol. The van der Waals surface area contributed by atoms with Crippen LogP contribution in [-0.2, 0) is 0 Å². The van der Waals surface area contributed by atoms with Gasteiger partial charge in [0.15, 0.2) is 0 Å². The molecule has 0 atom stereocenters. The lowest BCUT2D eigenvalue weighted by Crippen LogP contribution is -2.21. The Hall–Kier alpha value is -1.39. The Morgan fingerprint density at radius 3 is 2.27 bits per heavy atom. The van der Waals surface area contributed by atoms with Gasteiger partial charge in [-0.2, -0.15) is 13.2 Å². The zero-order valence-electron chi connectivity index (χ0n) is 8.70. The SMILES string of the molecule is COc1c(C)cc(C)cc1NC(F)(F)F. The van der Waals surface area contributed by atoms with Crippen LogP contribution in [0.5, 0.6) is 5.75 Å². The molecule has 5 heteroatoms. The molecule has 0 amide bonds. The number of rotatable bonds is 2. The number of ether oxygens (including phenoxy) is 1. The maximum absolute atomic E-state index is 12.2. The van der Waals surface area contributed by atoms with Crippen molar-refractivity contribution in [2.24, 2.45) is 0 Å². The summed E-state index contributed by atoms with van der Waals surface area (Å²) < 4.78 is 41.4. The molecule has 0 saturated carbocycles. The van der Waals surface area contributed by atoms with E-state index in [4.69, 9.17) is 4.74 Å². The number of aryl methyl sites for hydroxylation is 2. The Bertz CT molecular complexity index is 360. The van der Waals surface area contributed by atoms with E-state index in [-0.39, 0.29) is 11.4 Å². The molecule has 0 aromatic heterocycles. The molecule has 0 aliphatic rings. The maximum atomic E-state index is 12.2. The standard InChI is InChI=1S/C10H12F3NO/c1-6-4-7(2)9(15-3)8(5-6)14-10(11,12)13/h4-5,14H,1-3H3. The van der Waals surface area contributed by atoms with Crippen LogP contribution >= 0.6 is 0 Å². The highest BCUT2D eigenvalue weighted by atomic mass is 19.4. The molecule has 0 heterocycles. The molecule has 0 radical (unpaired) electrons. The highest BCUT2D eigenvalue weighted by Gasteiger charge is 2.28. The van der Waals surface area contributed by atoms with Gasteiger partial charge in [-0.25, -0.2) is 0 Å². The summed E-state index contributed by atoms with van der Waals surface area (Å²) in [6.07, 6.45) is -4.45. The molecule has 1 aromatic carbocycles. The van der Waals surface area contributed by atoms with Crippen LogP contribution in [0.2, 0.25) is 0 Å². The van der Waals surface area contributed by atoms with E-state index in [1.807, 2.05) is 0 Å². The lowest BCUT2D eigenvalue weighted by Gasteiger charge is -2.16. The van der Waals surface area contributed by atoms with E-state index in [1.165, 1.54) is 18.5 Å². The zero-order chi connectivity index (χ0) is 11.6. The number of nitrogens with one attached hydrogen (secondary N) is 1. The Morgan fingerprint density at radius 2 is 1.80 bits per heavy atom. The summed E-state index contributed by atoms with van der Waals surface area (Å²) in [4.78, 5) is 0. The van der Waals surface area contributed by atoms with Gasteiger partial charge >= 0.3 is 6.30 Å². The molecule has 1 N–H and O–H groups in total. The number of hydrogen-bond acceptors (Lipinski definition) is 2. The van der Waals surface area contributed by atoms with Gasteiger partial charge in [0, 0.05) is 0 Å². The van der Waals surface area contributed by atoms with Gasteiger partial charge in [0.05, 0.1) is 12.8 Å². The van der Waals surface area contributed by atoms with Crippen molar-refractivity contribution in [1.82, 2.24) is 0 Å². The Labute approximate surface area is 86.1 Å². The van der Waals surface area contributed by atoms with Crippen LogP contribution in [0.25, 0.3) is 0 Å². The van der Waals surface area contributed by atoms with Crippen molar-refractivity contribution in [3.63, 3.8) is 0 Å². The number of benzene rings is 1. The predicted octanol–water partition coefficient (Wildman–Crippen LogP) is 3.24. The first-order chi connectivity index (χ1) is 6.83. The monoisotopic (exact) mass is 219 g/mol. The topological polar surface area (TPSA) is 21.3 Å². The average molecular weight is 219 g/mol. The molecule has 2 nitrogen and oxygen atoms in total. The Kier molecular flexibility index (Phi) is 3.12. The third-order valence-corrected chi connectivity index (χ3v) is 1.90. The summed E-state index contributed by atoms with van der Waals surface area (Å²) in [6, 6.07) is 3.17. The van der Waals surface area contributed by atoms with Crippen LogP contribution in [0.3, 0.4) is 0 Å². The molecule has 0 saturated heterocycles. The third kappa shape index (κ3) is 3.04. The molecular formula is C10H12F3NO. The number of methoxy groups -OCH3 is 1. The van der Waals surface area contributed by atoms with Crippen molar-refractivity contribution < 1.29 is 17.9 Å². The van der Waals surface area contributed by atoms with Crippen molar-refractivity contribution in [3.8, 4) is 5.75 Å². The van der Waals surface area contributed by atoms with Crippen LogP contribution in [0.1, 0.15) is 11.1 Å². The number of alkyl halides is 3. The number of anilines is 1. The van der Waals surface area contributed by atoms with Crippen molar-refractivity contribution in [2.45, 2.75) is 20.1 Å². The number of hydrogen-bond donors (Lipinski definition) is 1. The molecule has 0 aliphatic heterocycles. The minimum absolute atomic E-state index is 0.0532. The maximum Gasteiger partial charge on any atom is 0.482 e.